The predicted octanol–water partition coefficient (Wildman–Crippen LogP) is 5.54. The number of aryl methyl sites for hydroxylation is 2. The summed E-state index contributed by atoms with van der Waals surface area (Å²) in [7, 11) is 0. The monoisotopic (exact) mass is 402 g/mol. The van der Waals surface area contributed by atoms with Crippen molar-refractivity contribution in [3.05, 3.63) is 46.6 Å². The Morgan fingerprint density at radius 3 is 2.43 bits per heavy atom. The molecular formula is C16H14BrF3N2S. The van der Waals surface area contributed by atoms with Gasteiger partial charge >= 0.3 is 6.18 Å². The fraction of sp³-hybridized carbons (Fsp3) is 0.312. The van der Waals surface area contributed by atoms with Crippen LogP contribution in [0, 0.1) is 0 Å². The number of alkyl halides is 3. The van der Waals surface area contributed by atoms with Gasteiger partial charge in [-0.2, -0.15) is 13.2 Å². The molecule has 0 fully saturated rings. The minimum atomic E-state index is -4.30. The summed E-state index contributed by atoms with van der Waals surface area (Å²) in [6, 6.07) is 5.19. The van der Waals surface area contributed by atoms with Gasteiger partial charge in [-0.3, -0.25) is 4.40 Å². The Morgan fingerprint density at radius 2 is 1.74 bits per heavy atom. The van der Waals surface area contributed by atoms with E-state index >= 15 is 0 Å². The van der Waals surface area contributed by atoms with Gasteiger partial charge in [0, 0.05) is 22.3 Å². The summed E-state index contributed by atoms with van der Waals surface area (Å²) in [4.78, 5) is 6.91. The maximum absolute atomic E-state index is 12.6. The number of aromatic nitrogens is 2. The van der Waals surface area contributed by atoms with Crippen molar-refractivity contribution in [1.82, 2.24) is 9.38 Å². The second-order valence-electron chi connectivity index (χ2n) is 5.53. The van der Waals surface area contributed by atoms with Crippen LogP contribution in [0.3, 0.4) is 0 Å². The normalized spacial score (nSPS) is 14.6. The number of nitrogens with zero attached hydrogens (tertiary/aromatic N) is 2. The lowest BCUT2D eigenvalue weighted by molar-refractivity contribution is -0.137. The van der Waals surface area contributed by atoms with E-state index in [0.717, 1.165) is 35.6 Å². The molecule has 3 aromatic rings. The van der Waals surface area contributed by atoms with Crippen LogP contribution >= 0.6 is 28.3 Å². The van der Waals surface area contributed by atoms with Crippen molar-refractivity contribution in [2.75, 3.05) is 0 Å². The molecule has 2 aromatic heterocycles. The Balaban J connectivity index is 0.00000156. The molecule has 122 valence electrons. The first-order valence-corrected chi connectivity index (χ1v) is 8.01. The molecule has 7 heteroatoms. The maximum Gasteiger partial charge on any atom is 0.416 e. The van der Waals surface area contributed by atoms with Gasteiger partial charge in [0.1, 0.15) is 0 Å². The number of fused-ring (bicyclic) bond motifs is 3. The van der Waals surface area contributed by atoms with Gasteiger partial charge in [-0.05, 0) is 37.8 Å². The Hall–Kier alpha value is -1.34. The molecule has 1 aliphatic rings. The summed E-state index contributed by atoms with van der Waals surface area (Å²) in [5.41, 5.74) is 2.13. The topological polar surface area (TPSA) is 17.3 Å². The summed E-state index contributed by atoms with van der Waals surface area (Å²) in [5.74, 6) is 0. The van der Waals surface area contributed by atoms with Crippen LogP contribution in [0.2, 0.25) is 0 Å². The molecule has 0 saturated carbocycles. The third-order valence-electron chi connectivity index (χ3n) is 4.08. The molecule has 0 N–H and O–H groups in total. The molecule has 1 aliphatic carbocycles. The SMILES string of the molecule is Br.FC(F)(F)c1ccc(-c2cn3c4c(sc3n2)CCCC4)cc1. The van der Waals surface area contributed by atoms with E-state index in [1.165, 1.54) is 35.5 Å². The van der Waals surface area contributed by atoms with E-state index in [4.69, 9.17) is 0 Å². The molecule has 0 bridgehead atoms. The summed E-state index contributed by atoms with van der Waals surface area (Å²) >= 11 is 1.69. The van der Waals surface area contributed by atoms with Gasteiger partial charge in [-0.15, -0.1) is 28.3 Å². The van der Waals surface area contributed by atoms with Gasteiger partial charge in [0.05, 0.1) is 11.3 Å². The van der Waals surface area contributed by atoms with E-state index in [9.17, 15) is 13.2 Å². The number of hydrogen-bond donors (Lipinski definition) is 0. The quantitative estimate of drug-likeness (QED) is 0.522. The summed E-state index contributed by atoms with van der Waals surface area (Å²) in [6.45, 7) is 0. The number of hydrogen-bond acceptors (Lipinski definition) is 2. The zero-order valence-corrected chi connectivity index (χ0v) is 14.6. The van der Waals surface area contributed by atoms with Crippen molar-refractivity contribution in [3.63, 3.8) is 0 Å². The second kappa shape index (κ2) is 5.94. The molecule has 23 heavy (non-hydrogen) atoms. The molecule has 0 spiro atoms. The molecule has 0 unspecified atom stereocenters. The number of thiazole rings is 1. The minimum absolute atomic E-state index is 0. The highest BCUT2D eigenvalue weighted by Gasteiger charge is 2.30. The van der Waals surface area contributed by atoms with Crippen LogP contribution < -0.4 is 0 Å². The third-order valence-corrected chi connectivity index (χ3v) is 5.23. The molecule has 0 saturated heterocycles. The zero-order valence-electron chi connectivity index (χ0n) is 12.1. The van der Waals surface area contributed by atoms with Gasteiger partial charge in [-0.1, -0.05) is 12.1 Å². The molecule has 0 amide bonds. The Bertz CT molecular complexity index is 833. The lowest BCUT2D eigenvalue weighted by Gasteiger charge is -2.10. The predicted molar refractivity (Wildman–Crippen MR) is 90.5 cm³/mol. The van der Waals surface area contributed by atoms with Gasteiger partial charge in [0.25, 0.3) is 0 Å². The van der Waals surface area contributed by atoms with Crippen molar-refractivity contribution < 1.29 is 13.2 Å². The van der Waals surface area contributed by atoms with Gasteiger partial charge < -0.3 is 0 Å². The highest BCUT2D eigenvalue weighted by Crippen LogP contribution is 2.33. The van der Waals surface area contributed by atoms with Crippen molar-refractivity contribution in [3.8, 4) is 11.3 Å². The van der Waals surface area contributed by atoms with Crippen LogP contribution in [0.5, 0.6) is 0 Å². The molecule has 2 heterocycles. The molecule has 0 atom stereocenters. The van der Waals surface area contributed by atoms with Crippen molar-refractivity contribution in [2.24, 2.45) is 0 Å². The third kappa shape index (κ3) is 2.92. The smallest absolute Gasteiger partial charge is 0.294 e. The lowest BCUT2D eigenvalue weighted by atomic mass is 10.0. The maximum atomic E-state index is 12.6. The lowest BCUT2D eigenvalue weighted by Crippen LogP contribution is -2.04. The second-order valence-corrected chi connectivity index (χ2v) is 6.59. The van der Waals surface area contributed by atoms with Crippen molar-refractivity contribution in [1.29, 1.82) is 0 Å². The van der Waals surface area contributed by atoms with Crippen LogP contribution in [0.1, 0.15) is 29.0 Å². The Morgan fingerprint density at radius 1 is 1.04 bits per heavy atom. The highest BCUT2D eigenvalue weighted by atomic mass is 79.9. The average molecular weight is 403 g/mol. The minimum Gasteiger partial charge on any atom is -0.294 e. The summed E-state index contributed by atoms with van der Waals surface area (Å²) in [6.07, 6.45) is 2.22. The summed E-state index contributed by atoms with van der Waals surface area (Å²) < 4.78 is 39.9. The zero-order chi connectivity index (χ0) is 15.3. The fourth-order valence-electron chi connectivity index (χ4n) is 2.93. The Kier molecular flexibility index (Phi) is 4.27. The summed E-state index contributed by atoms with van der Waals surface area (Å²) in [5, 5.41) is 0. The number of imidazole rings is 1. The molecular weight excluding hydrogens is 389 g/mol. The number of benzene rings is 1. The van der Waals surface area contributed by atoms with E-state index in [1.807, 2.05) is 6.20 Å². The van der Waals surface area contributed by atoms with E-state index in [-0.39, 0.29) is 17.0 Å². The van der Waals surface area contributed by atoms with E-state index in [2.05, 4.69) is 9.38 Å². The van der Waals surface area contributed by atoms with Gasteiger partial charge in [0.15, 0.2) is 4.96 Å². The van der Waals surface area contributed by atoms with Crippen LogP contribution in [0.15, 0.2) is 30.5 Å². The first-order valence-electron chi connectivity index (χ1n) is 7.19. The van der Waals surface area contributed by atoms with Crippen molar-refractivity contribution >= 4 is 33.3 Å². The number of halogens is 4. The fourth-order valence-corrected chi connectivity index (χ4v) is 4.12. The van der Waals surface area contributed by atoms with Gasteiger partial charge in [0.2, 0.25) is 0 Å². The van der Waals surface area contributed by atoms with Crippen LogP contribution in [0.4, 0.5) is 13.2 Å². The molecule has 0 aliphatic heterocycles. The van der Waals surface area contributed by atoms with E-state index < -0.39 is 11.7 Å². The molecule has 0 radical (unpaired) electrons. The number of rotatable bonds is 1. The largest absolute Gasteiger partial charge is 0.416 e. The van der Waals surface area contributed by atoms with E-state index in [1.54, 1.807) is 11.3 Å². The Labute approximate surface area is 145 Å². The highest BCUT2D eigenvalue weighted by molar-refractivity contribution is 8.93. The first kappa shape index (κ1) is 16.5. The van der Waals surface area contributed by atoms with Gasteiger partial charge in [-0.25, -0.2) is 4.98 Å². The molecule has 1 aromatic carbocycles. The molecule has 4 rings (SSSR count). The van der Waals surface area contributed by atoms with Crippen LogP contribution in [-0.2, 0) is 19.0 Å². The standard InChI is InChI=1S/C16H13F3N2S.BrH/c17-16(18,19)11-7-5-10(6-8-11)12-9-21-13-3-1-2-4-14(13)22-15(21)20-12;/h5-9H,1-4H2;1H. The van der Waals surface area contributed by atoms with Crippen LogP contribution in [0.25, 0.3) is 16.2 Å². The van der Waals surface area contributed by atoms with Crippen molar-refractivity contribution in [2.45, 2.75) is 31.9 Å². The van der Waals surface area contributed by atoms with E-state index in [0.29, 0.717) is 5.56 Å². The van der Waals surface area contributed by atoms with Crippen LogP contribution in [-0.4, -0.2) is 9.38 Å². The molecule has 2 nitrogen and oxygen atoms in total. The average Bonchev–Trinajstić information content (AvgIpc) is 3.04. The first-order chi connectivity index (χ1) is 10.5.